The van der Waals surface area contributed by atoms with E-state index in [1.807, 2.05) is 0 Å². The number of carboxylic acid groups (broad SMARTS) is 1. The number of ether oxygens (including phenoxy) is 1. The summed E-state index contributed by atoms with van der Waals surface area (Å²) in [7, 11) is 1.37. The molecular weight excluding hydrogens is 276 g/mol. The molecule has 0 aromatic carbocycles. The highest BCUT2D eigenvalue weighted by Crippen LogP contribution is 2.16. The number of nitrogens with zero attached hydrogens (tertiary/aromatic N) is 2. The van der Waals surface area contributed by atoms with Crippen molar-refractivity contribution in [3.63, 3.8) is 0 Å². The highest BCUT2D eigenvalue weighted by molar-refractivity contribution is 5.84. The molecule has 7 nitrogen and oxygen atoms in total. The van der Waals surface area contributed by atoms with Crippen molar-refractivity contribution in [2.75, 3.05) is 39.8 Å². The Bertz CT molecular complexity index is 391. The predicted molar refractivity (Wildman–Crippen MR) is 75.6 cm³/mol. The molecule has 1 rings (SSSR count). The minimum absolute atomic E-state index is 0.113. The number of piperazine rings is 1. The number of carboxylic acids is 1. The van der Waals surface area contributed by atoms with Crippen LogP contribution in [0.1, 0.15) is 20.3 Å². The van der Waals surface area contributed by atoms with Crippen molar-refractivity contribution in [3.05, 3.63) is 0 Å². The first-order valence-corrected chi connectivity index (χ1v) is 7.17. The van der Waals surface area contributed by atoms with Gasteiger partial charge in [0.2, 0.25) is 5.91 Å². The van der Waals surface area contributed by atoms with Gasteiger partial charge in [0.05, 0.1) is 19.4 Å². The lowest BCUT2D eigenvalue weighted by Crippen LogP contribution is -2.51. The summed E-state index contributed by atoms with van der Waals surface area (Å²) in [5.41, 5.74) is 0. The highest BCUT2D eigenvalue weighted by atomic mass is 16.5. The Morgan fingerprint density at radius 2 is 1.67 bits per heavy atom. The number of amides is 1. The molecule has 1 aliphatic rings. The first kappa shape index (κ1) is 17.4. The third-order valence-electron chi connectivity index (χ3n) is 4.07. The Morgan fingerprint density at radius 1 is 1.10 bits per heavy atom. The van der Waals surface area contributed by atoms with E-state index < -0.39 is 17.8 Å². The molecule has 0 bridgehead atoms. The summed E-state index contributed by atoms with van der Waals surface area (Å²) in [6, 6.07) is 0. The molecule has 2 atom stereocenters. The fraction of sp³-hybridized carbons (Fsp3) is 0.786. The lowest BCUT2D eigenvalue weighted by atomic mass is 9.94. The van der Waals surface area contributed by atoms with Crippen LogP contribution in [0.3, 0.4) is 0 Å². The summed E-state index contributed by atoms with van der Waals surface area (Å²) in [6.07, 6.45) is 0.344. The van der Waals surface area contributed by atoms with E-state index in [1.54, 1.807) is 18.7 Å². The second-order valence-electron chi connectivity index (χ2n) is 5.41. The topological polar surface area (TPSA) is 87.2 Å². The zero-order chi connectivity index (χ0) is 16.0. The van der Waals surface area contributed by atoms with Gasteiger partial charge in [-0.2, -0.15) is 0 Å². The number of carbonyl (C=O) groups excluding carboxylic acids is 2. The van der Waals surface area contributed by atoms with Crippen molar-refractivity contribution in [1.82, 2.24) is 9.80 Å². The van der Waals surface area contributed by atoms with Gasteiger partial charge in [0.1, 0.15) is 0 Å². The average molecular weight is 300 g/mol. The Kier molecular flexibility index (Phi) is 6.61. The lowest BCUT2D eigenvalue weighted by molar-refractivity contribution is -0.149. The smallest absolute Gasteiger partial charge is 0.307 e. The molecule has 1 N–H and O–H groups in total. The standard InChI is InChI=1S/C14H24N2O5/c1-10(11(2)14(19)20)13(18)16-8-6-15(7-9-16)5-4-12(17)21-3/h10-11H,4-9H2,1-3H3,(H,19,20). The van der Waals surface area contributed by atoms with Gasteiger partial charge in [-0.05, 0) is 0 Å². The first-order valence-electron chi connectivity index (χ1n) is 7.17. The van der Waals surface area contributed by atoms with Crippen LogP contribution in [0.25, 0.3) is 0 Å². The second-order valence-corrected chi connectivity index (χ2v) is 5.41. The fourth-order valence-corrected chi connectivity index (χ4v) is 2.26. The van der Waals surface area contributed by atoms with E-state index >= 15 is 0 Å². The summed E-state index contributed by atoms with van der Waals surface area (Å²) in [4.78, 5) is 38.1. The number of rotatable bonds is 6. The van der Waals surface area contributed by atoms with Crippen LogP contribution in [0.2, 0.25) is 0 Å². The molecule has 120 valence electrons. The van der Waals surface area contributed by atoms with Gasteiger partial charge in [0, 0.05) is 38.6 Å². The quantitative estimate of drug-likeness (QED) is 0.698. The van der Waals surface area contributed by atoms with Crippen molar-refractivity contribution in [3.8, 4) is 0 Å². The summed E-state index contributed by atoms with van der Waals surface area (Å²) in [5, 5.41) is 8.96. The van der Waals surface area contributed by atoms with Gasteiger partial charge in [0.25, 0.3) is 0 Å². The molecule has 0 saturated carbocycles. The van der Waals surface area contributed by atoms with E-state index in [1.165, 1.54) is 7.11 Å². The van der Waals surface area contributed by atoms with Crippen molar-refractivity contribution in [2.45, 2.75) is 20.3 Å². The van der Waals surface area contributed by atoms with Crippen molar-refractivity contribution >= 4 is 17.8 Å². The maximum atomic E-state index is 12.2. The van der Waals surface area contributed by atoms with Crippen molar-refractivity contribution in [2.24, 2.45) is 11.8 Å². The van der Waals surface area contributed by atoms with E-state index in [4.69, 9.17) is 5.11 Å². The van der Waals surface area contributed by atoms with E-state index in [9.17, 15) is 14.4 Å². The molecule has 0 aromatic rings. The Labute approximate surface area is 124 Å². The number of hydrogen-bond acceptors (Lipinski definition) is 5. The summed E-state index contributed by atoms with van der Waals surface area (Å²) in [5.74, 6) is -2.51. The predicted octanol–water partition coefficient (Wildman–Crippen LogP) is 0.0505. The SMILES string of the molecule is COC(=O)CCN1CCN(C(=O)C(C)C(C)C(=O)O)CC1. The van der Waals surface area contributed by atoms with Gasteiger partial charge in [-0.1, -0.05) is 13.8 Å². The minimum Gasteiger partial charge on any atom is -0.481 e. The van der Waals surface area contributed by atoms with Crippen molar-refractivity contribution in [1.29, 1.82) is 0 Å². The summed E-state index contributed by atoms with van der Waals surface area (Å²) in [6.45, 7) is 6.35. The van der Waals surface area contributed by atoms with Crippen LogP contribution in [-0.4, -0.2) is 72.6 Å². The maximum Gasteiger partial charge on any atom is 0.307 e. The van der Waals surface area contributed by atoms with E-state index in [0.29, 0.717) is 39.1 Å². The number of esters is 1. The van der Waals surface area contributed by atoms with Crippen LogP contribution in [0, 0.1) is 11.8 Å². The Hall–Kier alpha value is -1.63. The normalized spacial score (nSPS) is 18.9. The average Bonchev–Trinajstić information content (AvgIpc) is 2.50. The molecule has 1 aliphatic heterocycles. The molecule has 0 aromatic heterocycles. The van der Waals surface area contributed by atoms with E-state index in [2.05, 4.69) is 9.64 Å². The van der Waals surface area contributed by atoms with E-state index in [0.717, 1.165) is 0 Å². The zero-order valence-corrected chi connectivity index (χ0v) is 12.9. The molecule has 2 unspecified atom stereocenters. The van der Waals surface area contributed by atoms with E-state index in [-0.39, 0.29) is 11.9 Å². The first-order chi connectivity index (χ1) is 9.86. The van der Waals surface area contributed by atoms with Gasteiger partial charge < -0.3 is 14.7 Å². The molecular formula is C14H24N2O5. The largest absolute Gasteiger partial charge is 0.481 e. The lowest BCUT2D eigenvalue weighted by Gasteiger charge is -2.36. The Morgan fingerprint density at radius 3 is 2.14 bits per heavy atom. The second kappa shape index (κ2) is 7.97. The molecule has 21 heavy (non-hydrogen) atoms. The van der Waals surface area contributed by atoms with Crippen LogP contribution in [0.15, 0.2) is 0 Å². The van der Waals surface area contributed by atoms with Crippen molar-refractivity contribution < 1.29 is 24.2 Å². The minimum atomic E-state index is -0.951. The van der Waals surface area contributed by atoms with Crippen LogP contribution in [0.5, 0.6) is 0 Å². The summed E-state index contributed by atoms with van der Waals surface area (Å²) >= 11 is 0. The Balaban J connectivity index is 2.40. The molecule has 1 saturated heterocycles. The van der Waals surface area contributed by atoms with Gasteiger partial charge in [-0.3, -0.25) is 19.3 Å². The third kappa shape index (κ3) is 5.00. The fourth-order valence-electron chi connectivity index (χ4n) is 2.26. The number of aliphatic carboxylic acids is 1. The number of hydrogen-bond donors (Lipinski definition) is 1. The highest BCUT2D eigenvalue weighted by Gasteiger charge is 2.31. The summed E-state index contributed by atoms with van der Waals surface area (Å²) < 4.78 is 4.60. The molecule has 1 fully saturated rings. The number of methoxy groups -OCH3 is 1. The monoisotopic (exact) mass is 300 g/mol. The molecule has 0 aliphatic carbocycles. The van der Waals surface area contributed by atoms with Crippen LogP contribution in [0.4, 0.5) is 0 Å². The molecule has 0 spiro atoms. The van der Waals surface area contributed by atoms with Gasteiger partial charge in [-0.15, -0.1) is 0 Å². The molecule has 0 radical (unpaired) electrons. The van der Waals surface area contributed by atoms with Crippen LogP contribution >= 0.6 is 0 Å². The van der Waals surface area contributed by atoms with Crippen LogP contribution < -0.4 is 0 Å². The molecule has 1 amide bonds. The third-order valence-corrected chi connectivity index (χ3v) is 4.07. The van der Waals surface area contributed by atoms with Crippen LogP contribution in [-0.2, 0) is 19.1 Å². The van der Waals surface area contributed by atoms with Gasteiger partial charge in [0.15, 0.2) is 0 Å². The molecule has 1 heterocycles. The van der Waals surface area contributed by atoms with Gasteiger partial charge in [-0.25, -0.2) is 0 Å². The zero-order valence-electron chi connectivity index (χ0n) is 12.9. The number of carbonyl (C=O) groups is 3. The maximum absolute atomic E-state index is 12.2. The van der Waals surface area contributed by atoms with Gasteiger partial charge >= 0.3 is 11.9 Å². The molecule has 7 heteroatoms.